The molecule has 4 nitrogen and oxygen atoms in total. The maximum atomic E-state index is 11.6. The van der Waals surface area contributed by atoms with Crippen LogP contribution in [0.25, 0.3) is 16.7 Å². The number of fused-ring (bicyclic) bond motifs is 1. The third kappa shape index (κ3) is 1.97. The van der Waals surface area contributed by atoms with Gasteiger partial charge in [0.1, 0.15) is 5.82 Å². The van der Waals surface area contributed by atoms with Gasteiger partial charge in [0.15, 0.2) is 0 Å². The summed E-state index contributed by atoms with van der Waals surface area (Å²) in [5, 5.41) is 1.05. The lowest BCUT2D eigenvalue weighted by Gasteiger charge is -2.05. The molecule has 2 aromatic heterocycles. The minimum absolute atomic E-state index is 0.337. The number of pyridine rings is 1. The average Bonchev–Trinajstić information content (AvgIpc) is 2.90. The van der Waals surface area contributed by atoms with Gasteiger partial charge in [0.2, 0.25) is 0 Å². The first-order valence-electron chi connectivity index (χ1n) is 5.90. The minimum atomic E-state index is -0.337. The number of hydrogen-bond donors (Lipinski definition) is 0. The predicted octanol–water partition coefficient (Wildman–Crippen LogP) is 2.81. The molecule has 3 aromatic rings. The molecule has 1 aromatic carbocycles. The lowest BCUT2D eigenvalue weighted by atomic mass is 10.1. The second-order valence-electron chi connectivity index (χ2n) is 4.14. The standard InChI is InChI=1S/C15H12N2O2/c1-19-15(18)12-6-5-11-7-9-17(13(11)10-12)14-4-2-3-8-16-14/h2-10H,1H3. The van der Waals surface area contributed by atoms with Gasteiger partial charge in [-0.2, -0.15) is 0 Å². The molecule has 0 spiro atoms. The zero-order valence-corrected chi connectivity index (χ0v) is 10.4. The second-order valence-corrected chi connectivity index (χ2v) is 4.14. The van der Waals surface area contributed by atoms with Gasteiger partial charge in [-0.05, 0) is 30.3 Å². The Kier molecular flexibility index (Phi) is 2.76. The molecule has 19 heavy (non-hydrogen) atoms. The highest BCUT2D eigenvalue weighted by Crippen LogP contribution is 2.21. The van der Waals surface area contributed by atoms with Gasteiger partial charge in [0.05, 0.1) is 18.2 Å². The van der Waals surface area contributed by atoms with E-state index in [0.29, 0.717) is 5.56 Å². The molecule has 0 amide bonds. The summed E-state index contributed by atoms with van der Waals surface area (Å²) in [5.41, 5.74) is 1.47. The number of carbonyl (C=O) groups excluding carboxylic acids is 1. The van der Waals surface area contributed by atoms with E-state index in [1.165, 1.54) is 7.11 Å². The van der Waals surface area contributed by atoms with Gasteiger partial charge in [-0.3, -0.25) is 0 Å². The maximum Gasteiger partial charge on any atom is 0.337 e. The topological polar surface area (TPSA) is 44.1 Å². The highest BCUT2D eigenvalue weighted by Gasteiger charge is 2.09. The number of carbonyl (C=O) groups is 1. The van der Waals surface area contributed by atoms with Crippen molar-refractivity contribution < 1.29 is 9.53 Å². The lowest BCUT2D eigenvalue weighted by molar-refractivity contribution is 0.0601. The summed E-state index contributed by atoms with van der Waals surface area (Å²) in [4.78, 5) is 15.9. The van der Waals surface area contributed by atoms with E-state index in [1.807, 2.05) is 47.2 Å². The van der Waals surface area contributed by atoms with E-state index in [9.17, 15) is 4.79 Å². The van der Waals surface area contributed by atoms with E-state index >= 15 is 0 Å². The first-order valence-corrected chi connectivity index (χ1v) is 5.90. The van der Waals surface area contributed by atoms with E-state index in [2.05, 4.69) is 4.98 Å². The quantitative estimate of drug-likeness (QED) is 0.659. The summed E-state index contributed by atoms with van der Waals surface area (Å²) in [6.45, 7) is 0. The summed E-state index contributed by atoms with van der Waals surface area (Å²) in [5.74, 6) is 0.482. The van der Waals surface area contributed by atoms with Crippen LogP contribution in [0.5, 0.6) is 0 Å². The molecular formula is C15H12N2O2. The number of hydrogen-bond acceptors (Lipinski definition) is 3. The molecule has 0 atom stereocenters. The largest absolute Gasteiger partial charge is 0.465 e. The molecule has 0 bridgehead atoms. The molecule has 3 rings (SSSR count). The van der Waals surface area contributed by atoms with E-state index in [-0.39, 0.29) is 5.97 Å². The van der Waals surface area contributed by atoms with Crippen molar-refractivity contribution >= 4 is 16.9 Å². The van der Waals surface area contributed by atoms with E-state index in [1.54, 1.807) is 12.3 Å². The minimum Gasteiger partial charge on any atom is -0.465 e. The van der Waals surface area contributed by atoms with Gasteiger partial charge < -0.3 is 9.30 Å². The second kappa shape index (κ2) is 4.57. The average molecular weight is 252 g/mol. The van der Waals surface area contributed by atoms with Crippen molar-refractivity contribution in [2.75, 3.05) is 7.11 Å². The fourth-order valence-corrected chi connectivity index (χ4v) is 2.07. The van der Waals surface area contributed by atoms with Crippen LogP contribution in [0, 0.1) is 0 Å². The van der Waals surface area contributed by atoms with Gasteiger partial charge >= 0.3 is 5.97 Å². The van der Waals surface area contributed by atoms with E-state index < -0.39 is 0 Å². The van der Waals surface area contributed by atoms with Gasteiger partial charge in [-0.1, -0.05) is 12.1 Å². The lowest BCUT2D eigenvalue weighted by Crippen LogP contribution is -2.01. The SMILES string of the molecule is COC(=O)c1ccc2ccn(-c3ccccn3)c2c1. The van der Waals surface area contributed by atoms with Crippen LogP contribution >= 0.6 is 0 Å². The predicted molar refractivity (Wildman–Crippen MR) is 72.4 cm³/mol. The highest BCUT2D eigenvalue weighted by atomic mass is 16.5. The summed E-state index contributed by atoms with van der Waals surface area (Å²) < 4.78 is 6.69. The molecule has 0 aliphatic heterocycles. The Morgan fingerprint density at radius 2 is 2.11 bits per heavy atom. The third-order valence-corrected chi connectivity index (χ3v) is 3.01. The van der Waals surface area contributed by atoms with E-state index in [4.69, 9.17) is 4.74 Å². The molecule has 0 radical (unpaired) electrons. The number of benzene rings is 1. The molecule has 4 heteroatoms. The van der Waals surface area contributed by atoms with Gasteiger partial charge in [-0.25, -0.2) is 9.78 Å². The molecular weight excluding hydrogens is 240 g/mol. The Morgan fingerprint density at radius 1 is 1.21 bits per heavy atom. The van der Waals surface area contributed by atoms with Crippen molar-refractivity contribution in [3.05, 3.63) is 60.4 Å². The third-order valence-electron chi connectivity index (χ3n) is 3.01. The zero-order valence-electron chi connectivity index (χ0n) is 10.4. The molecule has 0 aliphatic rings. The highest BCUT2D eigenvalue weighted by molar-refractivity contribution is 5.95. The maximum absolute atomic E-state index is 11.6. The van der Waals surface area contributed by atoms with Crippen molar-refractivity contribution in [3.63, 3.8) is 0 Å². The molecule has 2 heterocycles. The summed E-state index contributed by atoms with van der Waals surface area (Å²) in [6, 6.07) is 13.2. The van der Waals surface area contributed by atoms with Crippen LogP contribution in [-0.4, -0.2) is 22.6 Å². The van der Waals surface area contributed by atoms with Gasteiger partial charge in [-0.15, -0.1) is 0 Å². The van der Waals surface area contributed by atoms with Crippen molar-refractivity contribution in [2.24, 2.45) is 0 Å². The Labute approximate surface area is 110 Å². The van der Waals surface area contributed by atoms with Crippen LogP contribution in [0.2, 0.25) is 0 Å². The van der Waals surface area contributed by atoms with Crippen molar-refractivity contribution in [3.8, 4) is 5.82 Å². The van der Waals surface area contributed by atoms with E-state index in [0.717, 1.165) is 16.7 Å². The van der Waals surface area contributed by atoms with Crippen LogP contribution in [-0.2, 0) is 4.74 Å². The smallest absolute Gasteiger partial charge is 0.337 e. The van der Waals surface area contributed by atoms with Crippen LogP contribution in [0.1, 0.15) is 10.4 Å². The number of ether oxygens (including phenoxy) is 1. The van der Waals surface area contributed by atoms with Crippen LogP contribution in [0.4, 0.5) is 0 Å². The summed E-state index contributed by atoms with van der Waals surface area (Å²) in [7, 11) is 1.38. The zero-order chi connectivity index (χ0) is 13.2. The van der Waals surface area contributed by atoms with Gasteiger partial charge in [0, 0.05) is 17.8 Å². The normalized spacial score (nSPS) is 10.6. The van der Waals surface area contributed by atoms with Crippen LogP contribution in [0.15, 0.2) is 54.9 Å². The number of rotatable bonds is 2. The molecule has 0 saturated heterocycles. The molecule has 0 unspecified atom stereocenters. The first kappa shape index (κ1) is 11.5. The fourth-order valence-electron chi connectivity index (χ4n) is 2.07. The fraction of sp³-hybridized carbons (Fsp3) is 0.0667. The molecule has 0 N–H and O–H groups in total. The Morgan fingerprint density at radius 3 is 2.84 bits per heavy atom. The van der Waals surface area contributed by atoms with Gasteiger partial charge in [0.25, 0.3) is 0 Å². The first-order chi connectivity index (χ1) is 9.29. The Bertz CT molecular complexity index is 732. The molecule has 94 valence electrons. The number of nitrogens with zero attached hydrogens (tertiary/aromatic N) is 2. The van der Waals surface area contributed by atoms with Crippen molar-refractivity contribution in [1.82, 2.24) is 9.55 Å². The number of methoxy groups -OCH3 is 1. The van der Waals surface area contributed by atoms with Crippen LogP contribution in [0.3, 0.4) is 0 Å². The molecule has 0 fully saturated rings. The monoisotopic (exact) mass is 252 g/mol. The summed E-state index contributed by atoms with van der Waals surface area (Å²) >= 11 is 0. The van der Waals surface area contributed by atoms with Crippen LogP contribution < -0.4 is 0 Å². The molecule has 0 saturated carbocycles. The number of aromatic nitrogens is 2. The number of esters is 1. The molecule has 0 aliphatic carbocycles. The van der Waals surface area contributed by atoms with Crippen molar-refractivity contribution in [1.29, 1.82) is 0 Å². The van der Waals surface area contributed by atoms with Crippen molar-refractivity contribution in [2.45, 2.75) is 0 Å². The Balaban J connectivity index is 2.19. The Hall–Kier alpha value is -2.62. The summed E-state index contributed by atoms with van der Waals surface area (Å²) in [6.07, 6.45) is 3.68.